The number of halogens is 1. The molecule has 1 aliphatic heterocycles. The average Bonchev–Trinajstić information content (AvgIpc) is 3.18. The van der Waals surface area contributed by atoms with Gasteiger partial charge in [0.05, 0.1) is 6.21 Å². The van der Waals surface area contributed by atoms with Crippen LogP contribution in [0.5, 0.6) is 5.75 Å². The van der Waals surface area contributed by atoms with E-state index < -0.39 is 5.25 Å². The van der Waals surface area contributed by atoms with E-state index in [1.54, 1.807) is 18.3 Å². The van der Waals surface area contributed by atoms with E-state index in [-0.39, 0.29) is 18.2 Å². The normalized spacial score (nSPS) is 16.6. The molecule has 1 saturated heterocycles. The van der Waals surface area contributed by atoms with E-state index in [0.29, 0.717) is 22.5 Å². The van der Waals surface area contributed by atoms with Crippen LogP contribution in [-0.4, -0.2) is 28.4 Å². The van der Waals surface area contributed by atoms with Crippen LogP contribution >= 0.6 is 23.4 Å². The molecular weight excluding hydrogens is 472 g/mol. The Labute approximate surface area is 206 Å². The van der Waals surface area contributed by atoms with Gasteiger partial charge < -0.3 is 15.4 Å². The molecule has 172 valence electrons. The van der Waals surface area contributed by atoms with Crippen LogP contribution in [-0.2, 0) is 16.2 Å². The number of ether oxygens (including phenoxy) is 1. The number of amidine groups is 1. The number of rotatable bonds is 8. The molecule has 9 heteroatoms. The highest BCUT2D eigenvalue weighted by Gasteiger charge is 2.32. The van der Waals surface area contributed by atoms with Gasteiger partial charge in [-0.1, -0.05) is 53.7 Å². The van der Waals surface area contributed by atoms with Crippen molar-refractivity contribution in [2.45, 2.75) is 18.3 Å². The summed E-state index contributed by atoms with van der Waals surface area (Å²) in [6.45, 7) is 0.444. The lowest BCUT2D eigenvalue weighted by Gasteiger charge is -2.06. The van der Waals surface area contributed by atoms with Crippen LogP contribution in [0.2, 0.25) is 5.02 Å². The summed E-state index contributed by atoms with van der Waals surface area (Å²) in [5, 5.41) is 14.0. The summed E-state index contributed by atoms with van der Waals surface area (Å²) in [7, 11) is 0. The third kappa shape index (κ3) is 6.94. The highest BCUT2D eigenvalue weighted by atomic mass is 35.5. The number of anilines is 1. The third-order valence-electron chi connectivity index (χ3n) is 4.76. The van der Waals surface area contributed by atoms with Crippen molar-refractivity contribution in [3.63, 3.8) is 0 Å². The number of benzene rings is 3. The molecule has 0 saturated carbocycles. The number of nitrogens with zero attached hydrogens (tertiary/aromatic N) is 2. The number of carbonyl (C=O) groups excluding carboxylic acids is 2. The monoisotopic (exact) mass is 492 g/mol. The van der Waals surface area contributed by atoms with Crippen LogP contribution in [0.3, 0.4) is 0 Å². The number of hydrogen-bond acceptors (Lipinski definition) is 6. The van der Waals surface area contributed by atoms with E-state index in [4.69, 9.17) is 16.3 Å². The molecule has 3 aromatic rings. The van der Waals surface area contributed by atoms with Gasteiger partial charge in [0.2, 0.25) is 11.8 Å². The molecule has 0 aliphatic carbocycles. The lowest BCUT2D eigenvalue weighted by atomic mass is 10.2. The lowest BCUT2D eigenvalue weighted by Crippen LogP contribution is -2.28. The predicted molar refractivity (Wildman–Crippen MR) is 136 cm³/mol. The molecule has 0 aromatic heterocycles. The molecule has 4 rings (SSSR count). The van der Waals surface area contributed by atoms with E-state index in [0.717, 1.165) is 16.9 Å². The minimum atomic E-state index is -0.547. The first-order chi connectivity index (χ1) is 16.5. The standard InChI is InChI=1S/C25H21ClN4O3S/c26-19-10-6-18(7-11-19)16-33-21-12-8-17(9-13-21)15-27-30-25-29-24(32)22(34-25)14-23(31)28-20-4-2-1-3-5-20/h1-13,15,22H,14,16H2,(H,28,31)(H,29,30,32). The first-order valence-electron chi connectivity index (χ1n) is 10.5. The number of nitrogens with one attached hydrogen (secondary N) is 2. The van der Waals surface area contributed by atoms with Crippen molar-refractivity contribution < 1.29 is 14.3 Å². The maximum Gasteiger partial charge on any atom is 0.240 e. The van der Waals surface area contributed by atoms with E-state index in [2.05, 4.69) is 20.8 Å². The fourth-order valence-electron chi connectivity index (χ4n) is 3.03. The van der Waals surface area contributed by atoms with Gasteiger partial charge in [-0.25, -0.2) is 0 Å². The van der Waals surface area contributed by atoms with Crippen LogP contribution in [0.25, 0.3) is 0 Å². The minimum absolute atomic E-state index is 0.0472. The number of carbonyl (C=O) groups is 2. The zero-order valence-corrected chi connectivity index (χ0v) is 19.6. The second-order valence-electron chi connectivity index (χ2n) is 7.35. The smallest absolute Gasteiger partial charge is 0.240 e. The Balaban J connectivity index is 1.25. The van der Waals surface area contributed by atoms with E-state index in [1.807, 2.05) is 66.7 Å². The maximum absolute atomic E-state index is 12.2. The highest BCUT2D eigenvalue weighted by molar-refractivity contribution is 8.15. The van der Waals surface area contributed by atoms with Gasteiger partial charge in [-0.05, 0) is 59.7 Å². The van der Waals surface area contributed by atoms with Crippen molar-refractivity contribution in [2.24, 2.45) is 10.2 Å². The fourth-order valence-corrected chi connectivity index (χ4v) is 4.08. The summed E-state index contributed by atoms with van der Waals surface area (Å²) in [6.07, 6.45) is 1.63. The molecule has 2 N–H and O–H groups in total. The largest absolute Gasteiger partial charge is 0.489 e. The molecule has 0 spiro atoms. The zero-order chi connectivity index (χ0) is 23.8. The van der Waals surface area contributed by atoms with Crippen molar-refractivity contribution in [3.05, 3.63) is 95.0 Å². The molecule has 0 radical (unpaired) electrons. The van der Waals surface area contributed by atoms with Crippen LogP contribution < -0.4 is 15.4 Å². The van der Waals surface area contributed by atoms with Gasteiger partial charge in [-0.3, -0.25) is 9.59 Å². The third-order valence-corrected chi connectivity index (χ3v) is 6.08. The summed E-state index contributed by atoms with van der Waals surface area (Å²) >= 11 is 7.08. The van der Waals surface area contributed by atoms with Gasteiger partial charge in [-0.2, -0.15) is 5.10 Å². The molecule has 1 heterocycles. The SMILES string of the molecule is O=C(CC1S/C(=N/N=Cc2ccc(OCc3ccc(Cl)cc3)cc2)NC1=O)Nc1ccccc1. The minimum Gasteiger partial charge on any atom is -0.489 e. The quantitative estimate of drug-likeness (QED) is 0.346. The topological polar surface area (TPSA) is 92.2 Å². The molecule has 2 amide bonds. The van der Waals surface area contributed by atoms with Crippen molar-refractivity contribution in [3.8, 4) is 5.75 Å². The summed E-state index contributed by atoms with van der Waals surface area (Å²) in [6, 6.07) is 24.0. The van der Waals surface area contributed by atoms with Gasteiger partial charge in [0.1, 0.15) is 17.6 Å². The number of thioether (sulfide) groups is 1. The zero-order valence-electron chi connectivity index (χ0n) is 18.0. The molecule has 1 aliphatic rings. The summed E-state index contributed by atoms with van der Waals surface area (Å²) in [4.78, 5) is 24.4. The Morgan fingerprint density at radius 3 is 2.53 bits per heavy atom. The predicted octanol–water partition coefficient (Wildman–Crippen LogP) is 4.87. The van der Waals surface area contributed by atoms with E-state index >= 15 is 0 Å². The fraction of sp³-hybridized carbons (Fsp3) is 0.120. The van der Waals surface area contributed by atoms with Crippen molar-refractivity contribution in [1.29, 1.82) is 0 Å². The Bertz CT molecular complexity index is 1200. The van der Waals surface area contributed by atoms with Crippen LogP contribution in [0, 0.1) is 0 Å². The summed E-state index contributed by atoms with van der Waals surface area (Å²) in [5.41, 5.74) is 2.55. The molecule has 0 bridgehead atoms. The Kier molecular flexibility index (Phi) is 7.95. The molecule has 1 unspecified atom stereocenters. The Morgan fingerprint density at radius 1 is 1.06 bits per heavy atom. The van der Waals surface area contributed by atoms with Gasteiger partial charge in [0.15, 0.2) is 5.17 Å². The maximum atomic E-state index is 12.2. The Morgan fingerprint density at radius 2 is 1.79 bits per heavy atom. The molecule has 7 nitrogen and oxygen atoms in total. The van der Waals surface area contributed by atoms with Crippen molar-refractivity contribution >= 4 is 52.2 Å². The highest BCUT2D eigenvalue weighted by Crippen LogP contribution is 2.23. The van der Waals surface area contributed by atoms with Gasteiger partial charge >= 0.3 is 0 Å². The Hall–Kier alpha value is -3.62. The molecule has 34 heavy (non-hydrogen) atoms. The van der Waals surface area contributed by atoms with Gasteiger partial charge in [0.25, 0.3) is 0 Å². The average molecular weight is 493 g/mol. The van der Waals surface area contributed by atoms with Gasteiger partial charge in [0, 0.05) is 17.1 Å². The first-order valence-corrected chi connectivity index (χ1v) is 11.7. The van der Waals surface area contributed by atoms with Crippen LogP contribution in [0.4, 0.5) is 5.69 Å². The molecule has 1 atom stereocenters. The number of para-hydroxylation sites is 1. The van der Waals surface area contributed by atoms with Crippen molar-refractivity contribution in [1.82, 2.24) is 5.32 Å². The first kappa shape index (κ1) is 23.5. The molecule has 3 aromatic carbocycles. The van der Waals surface area contributed by atoms with E-state index in [9.17, 15) is 9.59 Å². The van der Waals surface area contributed by atoms with Gasteiger partial charge in [-0.15, -0.1) is 5.10 Å². The molecule has 1 fully saturated rings. The lowest BCUT2D eigenvalue weighted by molar-refractivity contribution is -0.122. The summed E-state index contributed by atoms with van der Waals surface area (Å²) < 4.78 is 5.77. The molecular formula is C25H21ClN4O3S. The number of hydrogen-bond donors (Lipinski definition) is 2. The second kappa shape index (κ2) is 11.5. The summed E-state index contributed by atoms with van der Waals surface area (Å²) in [5.74, 6) is 0.236. The van der Waals surface area contributed by atoms with E-state index in [1.165, 1.54) is 11.8 Å². The number of amides is 2. The second-order valence-corrected chi connectivity index (χ2v) is 8.98. The van der Waals surface area contributed by atoms with Crippen LogP contribution in [0.1, 0.15) is 17.5 Å². The van der Waals surface area contributed by atoms with Crippen LogP contribution in [0.15, 0.2) is 89.1 Å². The van der Waals surface area contributed by atoms with Crippen molar-refractivity contribution in [2.75, 3.05) is 5.32 Å².